The monoisotopic (exact) mass is 284 g/mol. The molecule has 1 rings (SSSR count). The topological polar surface area (TPSA) is 72.6 Å². The standard InChI is InChI=1S/C13H17ClN2O3/c1-3-16(4-2)12(17)8-19-13(18)10-7-9(15)5-6-11(10)14/h5-7H,3-4,8,15H2,1-2H3. The number of hydrogen-bond acceptors (Lipinski definition) is 4. The maximum Gasteiger partial charge on any atom is 0.340 e. The Kier molecular flexibility index (Phi) is 5.63. The number of esters is 1. The predicted octanol–water partition coefficient (Wildman–Crippen LogP) is 1.95. The summed E-state index contributed by atoms with van der Waals surface area (Å²) in [7, 11) is 0. The number of benzene rings is 1. The normalized spacial score (nSPS) is 10.1. The van der Waals surface area contributed by atoms with Crippen molar-refractivity contribution in [2.75, 3.05) is 25.4 Å². The lowest BCUT2D eigenvalue weighted by atomic mass is 10.2. The first-order chi connectivity index (χ1) is 8.99. The van der Waals surface area contributed by atoms with Gasteiger partial charge in [-0.3, -0.25) is 4.79 Å². The van der Waals surface area contributed by atoms with E-state index in [1.807, 2.05) is 13.8 Å². The van der Waals surface area contributed by atoms with Crippen molar-refractivity contribution < 1.29 is 14.3 Å². The Labute approximate surface area is 117 Å². The van der Waals surface area contributed by atoms with Crippen LogP contribution in [0.15, 0.2) is 18.2 Å². The molecular weight excluding hydrogens is 268 g/mol. The van der Waals surface area contributed by atoms with Gasteiger partial charge in [0.15, 0.2) is 6.61 Å². The van der Waals surface area contributed by atoms with E-state index in [9.17, 15) is 9.59 Å². The number of nitrogens with two attached hydrogens (primary N) is 1. The lowest BCUT2D eigenvalue weighted by Gasteiger charge is -2.18. The zero-order valence-electron chi connectivity index (χ0n) is 11.0. The van der Waals surface area contributed by atoms with Crippen LogP contribution in [-0.2, 0) is 9.53 Å². The maximum atomic E-state index is 11.8. The molecule has 0 spiro atoms. The molecule has 5 nitrogen and oxygen atoms in total. The second-order valence-corrected chi connectivity index (χ2v) is 4.29. The summed E-state index contributed by atoms with van der Waals surface area (Å²) in [4.78, 5) is 25.1. The van der Waals surface area contributed by atoms with Crippen LogP contribution in [0, 0.1) is 0 Å². The molecule has 1 aromatic carbocycles. The van der Waals surface area contributed by atoms with Crippen molar-refractivity contribution in [3.63, 3.8) is 0 Å². The van der Waals surface area contributed by atoms with E-state index in [-0.39, 0.29) is 23.1 Å². The fourth-order valence-electron chi connectivity index (χ4n) is 1.57. The molecule has 0 aliphatic heterocycles. The van der Waals surface area contributed by atoms with Gasteiger partial charge in [-0.2, -0.15) is 0 Å². The Morgan fingerprint density at radius 1 is 1.32 bits per heavy atom. The molecule has 0 aliphatic rings. The average molecular weight is 285 g/mol. The fourth-order valence-corrected chi connectivity index (χ4v) is 1.77. The first kappa shape index (κ1) is 15.3. The van der Waals surface area contributed by atoms with Gasteiger partial charge in [-0.25, -0.2) is 4.79 Å². The highest BCUT2D eigenvalue weighted by molar-refractivity contribution is 6.33. The molecule has 0 atom stereocenters. The minimum absolute atomic E-state index is 0.161. The van der Waals surface area contributed by atoms with Crippen LogP contribution >= 0.6 is 11.6 Å². The number of rotatable bonds is 5. The summed E-state index contributed by atoms with van der Waals surface area (Å²) < 4.78 is 4.94. The summed E-state index contributed by atoms with van der Waals surface area (Å²) in [5.74, 6) is -0.892. The second kappa shape index (κ2) is 6.99. The third-order valence-corrected chi connectivity index (χ3v) is 2.98. The van der Waals surface area contributed by atoms with Gasteiger partial charge in [0, 0.05) is 18.8 Å². The zero-order valence-corrected chi connectivity index (χ0v) is 11.7. The van der Waals surface area contributed by atoms with E-state index in [2.05, 4.69) is 0 Å². The minimum atomic E-state index is -0.655. The molecule has 0 saturated carbocycles. The highest BCUT2D eigenvalue weighted by Gasteiger charge is 2.16. The van der Waals surface area contributed by atoms with Gasteiger partial charge in [-0.1, -0.05) is 11.6 Å². The van der Waals surface area contributed by atoms with Gasteiger partial charge in [0.05, 0.1) is 10.6 Å². The number of anilines is 1. The Hall–Kier alpha value is -1.75. The molecule has 19 heavy (non-hydrogen) atoms. The molecule has 0 heterocycles. The van der Waals surface area contributed by atoms with Crippen molar-refractivity contribution in [1.29, 1.82) is 0 Å². The van der Waals surface area contributed by atoms with Crippen molar-refractivity contribution in [2.45, 2.75) is 13.8 Å². The average Bonchev–Trinajstić information content (AvgIpc) is 2.40. The van der Waals surface area contributed by atoms with E-state index in [1.165, 1.54) is 12.1 Å². The molecule has 0 aromatic heterocycles. The van der Waals surface area contributed by atoms with E-state index in [1.54, 1.807) is 11.0 Å². The zero-order chi connectivity index (χ0) is 14.4. The summed E-state index contributed by atoms with van der Waals surface area (Å²) >= 11 is 5.87. The first-order valence-electron chi connectivity index (χ1n) is 5.99. The van der Waals surface area contributed by atoms with Crippen LogP contribution in [0.25, 0.3) is 0 Å². The smallest absolute Gasteiger partial charge is 0.340 e. The number of nitrogen functional groups attached to an aromatic ring is 1. The lowest BCUT2D eigenvalue weighted by Crippen LogP contribution is -2.34. The third-order valence-electron chi connectivity index (χ3n) is 2.65. The predicted molar refractivity (Wildman–Crippen MR) is 74.1 cm³/mol. The van der Waals surface area contributed by atoms with Gasteiger partial charge in [0.1, 0.15) is 0 Å². The largest absolute Gasteiger partial charge is 0.452 e. The Bertz CT molecular complexity index is 473. The van der Waals surface area contributed by atoms with Gasteiger partial charge >= 0.3 is 5.97 Å². The molecule has 0 aliphatic carbocycles. The van der Waals surface area contributed by atoms with Gasteiger partial charge in [0.2, 0.25) is 0 Å². The number of hydrogen-bond donors (Lipinski definition) is 1. The van der Waals surface area contributed by atoms with Crippen LogP contribution < -0.4 is 5.73 Å². The molecule has 6 heteroatoms. The molecule has 104 valence electrons. The second-order valence-electron chi connectivity index (χ2n) is 3.88. The Morgan fingerprint density at radius 3 is 2.53 bits per heavy atom. The fraction of sp³-hybridized carbons (Fsp3) is 0.385. The first-order valence-corrected chi connectivity index (χ1v) is 6.37. The van der Waals surface area contributed by atoms with Crippen LogP contribution in [0.2, 0.25) is 5.02 Å². The van der Waals surface area contributed by atoms with Crippen LogP contribution in [0.5, 0.6) is 0 Å². The number of likely N-dealkylation sites (N-methyl/N-ethyl adjacent to an activating group) is 1. The molecular formula is C13H17ClN2O3. The number of halogens is 1. The Balaban J connectivity index is 2.65. The summed E-state index contributed by atoms with van der Waals surface area (Å²) in [6, 6.07) is 4.52. The van der Waals surface area contributed by atoms with Crippen molar-refractivity contribution in [2.24, 2.45) is 0 Å². The number of nitrogens with zero attached hydrogens (tertiary/aromatic N) is 1. The highest BCUT2D eigenvalue weighted by atomic mass is 35.5. The van der Waals surface area contributed by atoms with Crippen molar-refractivity contribution >= 4 is 29.2 Å². The van der Waals surface area contributed by atoms with Crippen molar-refractivity contribution in [3.05, 3.63) is 28.8 Å². The minimum Gasteiger partial charge on any atom is -0.452 e. The molecule has 1 amide bonds. The third kappa shape index (κ3) is 4.13. The molecule has 0 saturated heterocycles. The van der Waals surface area contributed by atoms with E-state index < -0.39 is 5.97 Å². The van der Waals surface area contributed by atoms with E-state index >= 15 is 0 Å². The van der Waals surface area contributed by atoms with Crippen LogP contribution in [-0.4, -0.2) is 36.5 Å². The molecule has 0 unspecified atom stereocenters. The van der Waals surface area contributed by atoms with Crippen LogP contribution in [0.1, 0.15) is 24.2 Å². The van der Waals surface area contributed by atoms with E-state index in [4.69, 9.17) is 22.1 Å². The number of ether oxygens (including phenoxy) is 1. The van der Waals surface area contributed by atoms with Crippen molar-refractivity contribution in [1.82, 2.24) is 4.90 Å². The van der Waals surface area contributed by atoms with Gasteiger partial charge in [-0.05, 0) is 32.0 Å². The van der Waals surface area contributed by atoms with Gasteiger partial charge in [0.25, 0.3) is 5.91 Å². The van der Waals surface area contributed by atoms with Crippen LogP contribution in [0.4, 0.5) is 5.69 Å². The summed E-state index contributed by atoms with van der Waals surface area (Å²) in [6.45, 7) is 4.57. The summed E-state index contributed by atoms with van der Waals surface area (Å²) in [5, 5.41) is 0.245. The lowest BCUT2D eigenvalue weighted by molar-refractivity contribution is -0.134. The van der Waals surface area contributed by atoms with E-state index in [0.717, 1.165) is 0 Å². The summed E-state index contributed by atoms with van der Waals surface area (Å²) in [5.41, 5.74) is 6.14. The van der Waals surface area contributed by atoms with E-state index in [0.29, 0.717) is 18.8 Å². The molecule has 1 aromatic rings. The molecule has 2 N–H and O–H groups in total. The van der Waals surface area contributed by atoms with Crippen LogP contribution in [0.3, 0.4) is 0 Å². The van der Waals surface area contributed by atoms with Gasteiger partial charge < -0.3 is 15.4 Å². The molecule has 0 radical (unpaired) electrons. The van der Waals surface area contributed by atoms with Crippen molar-refractivity contribution in [3.8, 4) is 0 Å². The molecule has 0 fully saturated rings. The maximum absolute atomic E-state index is 11.8. The quantitative estimate of drug-likeness (QED) is 0.662. The SMILES string of the molecule is CCN(CC)C(=O)COC(=O)c1cc(N)ccc1Cl. The van der Waals surface area contributed by atoms with Gasteiger partial charge in [-0.15, -0.1) is 0 Å². The number of carbonyl (C=O) groups is 2. The Morgan fingerprint density at radius 2 is 1.95 bits per heavy atom. The number of carbonyl (C=O) groups excluding carboxylic acids is 2. The molecule has 0 bridgehead atoms. The number of amides is 1. The highest BCUT2D eigenvalue weighted by Crippen LogP contribution is 2.19. The summed E-state index contributed by atoms with van der Waals surface area (Å²) in [6.07, 6.45) is 0.